The smallest absolute Gasteiger partial charge is 0.312 e. The van der Waals surface area contributed by atoms with Gasteiger partial charge >= 0.3 is 5.97 Å². The van der Waals surface area contributed by atoms with Gasteiger partial charge in [-0.25, -0.2) is 0 Å². The molecule has 4 nitrogen and oxygen atoms in total. The lowest BCUT2D eigenvalue weighted by atomic mass is 9.77. The Hall–Kier alpha value is -1.68. The van der Waals surface area contributed by atoms with Gasteiger partial charge in [0.05, 0.1) is 18.7 Å². The molecule has 5 aliphatic rings. The van der Waals surface area contributed by atoms with Crippen molar-refractivity contribution in [3.8, 4) is 0 Å². The van der Waals surface area contributed by atoms with Gasteiger partial charge in [-0.2, -0.15) is 0 Å². The number of hydrogen-bond donors (Lipinski definition) is 0. The highest BCUT2D eigenvalue weighted by atomic mass is 16.5. The number of nitrogens with zero attached hydrogens (tertiary/aromatic N) is 2. The van der Waals surface area contributed by atoms with Crippen LogP contribution in [0.1, 0.15) is 32.6 Å². The summed E-state index contributed by atoms with van der Waals surface area (Å²) in [6.07, 6.45) is 11.2. The minimum atomic E-state index is -0.0584. The lowest BCUT2D eigenvalue weighted by Crippen LogP contribution is -2.46. The average molecular weight is 338 g/mol. The highest BCUT2D eigenvalue weighted by Gasteiger charge is 2.54. The zero-order chi connectivity index (χ0) is 17.1. The van der Waals surface area contributed by atoms with E-state index in [1.165, 1.54) is 24.1 Å². The fourth-order valence-electron chi connectivity index (χ4n) is 6.00. The standard InChI is InChI=1S/C21H26N2O2/c1-3-12-15(21(24)25-2)10-14-16(12)11-23-9-8-18-19(20(14)23)13-6-4-5-7-17(13)22-18/h5,7,10,12,15-16,19-20H,3-4,6,8-9,11H2,1-2H3. The Morgan fingerprint density at radius 2 is 2.28 bits per heavy atom. The highest BCUT2D eigenvalue weighted by molar-refractivity contribution is 5.95. The van der Waals surface area contributed by atoms with Crippen LogP contribution in [0.3, 0.4) is 0 Å². The quantitative estimate of drug-likeness (QED) is 0.574. The van der Waals surface area contributed by atoms with Crippen molar-refractivity contribution in [3.63, 3.8) is 0 Å². The molecule has 3 heterocycles. The number of esters is 1. The summed E-state index contributed by atoms with van der Waals surface area (Å²) in [6, 6.07) is 0.431. The van der Waals surface area contributed by atoms with Gasteiger partial charge in [-0.3, -0.25) is 14.7 Å². The molecule has 0 aromatic rings. The van der Waals surface area contributed by atoms with Gasteiger partial charge in [0.1, 0.15) is 0 Å². The van der Waals surface area contributed by atoms with E-state index in [1.54, 1.807) is 5.57 Å². The summed E-state index contributed by atoms with van der Waals surface area (Å²) in [7, 11) is 1.52. The molecule has 5 unspecified atom stereocenters. The van der Waals surface area contributed by atoms with Gasteiger partial charge in [-0.05, 0) is 42.7 Å². The molecule has 0 amide bonds. The van der Waals surface area contributed by atoms with Crippen LogP contribution in [-0.2, 0) is 9.53 Å². The van der Waals surface area contributed by atoms with Crippen molar-refractivity contribution < 1.29 is 9.53 Å². The van der Waals surface area contributed by atoms with Crippen molar-refractivity contribution in [2.75, 3.05) is 20.2 Å². The van der Waals surface area contributed by atoms with Crippen LogP contribution in [0.5, 0.6) is 0 Å². The molecule has 132 valence electrons. The number of allylic oxidation sites excluding steroid dienone is 2. The van der Waals surface area contributed by atoms with E-state index < -0.39 is 0 Å². The van der Waals surface area contributed by atoms with Crippen molar-refractivity contribution in [1.29, 1.82) is 0 Å². The number of carbonyl (C=O) groups is 1. The first kappa shape index (κ1) is 15.6. The van der Waals surface area contributed by atoms with Crippen LogP contribution in [0.2, 0.25) is 0 Å². The molecule has 0 bridgehead atoms. The van der Waals surface area contributed by atoms with Gasteiger partial charge in [0.25, 0.3) is 0 Å². The normalized spacial score (nSPS) is 38.7. The second-order valence-electron chi connectivity index (χ2n) is 8.02. The van der Waals surface area contributed by atoms with E-state index in [2.05, 4.69) is 30.1 Å². The molecule has 2 aliphatic carbocycles. The molecule has 0 aromatic heterocycles. The van der Waals surface area contributed by atoms with Crippen molar-refractivity contribution in [1.82, 2.24) is 4.90 Å². The number of aliphatic imine (C=N–C) groups is 1. The van der Waals surface area contributed by atoms with E-state index in [0.29, 0.717) is 23.8 Å². The average Bonchev–Trinajstić information content (AvgIpc) is 3.28. The van der Waals surface area contributed by atoms with Crippen LogP contribution in [0.4, 0.5) is 0 Å². The van der Waals surface area contributed by atoms with Crippen molar-refractivity contribution in [2.24, 2.45) is 28.7 Å². The van der Waals surface area contributed by atoms with Gasteiger partial charge in [0.2, 0.25) is 0 Å². The molecule has 2 fully saturated rings. The van der Waals surface area contributed by atoms with Gasteiger partial charge in [0.15, 0.2) is 0 Å². The molecule has 0 aromatic carbocycles. The molecule has 0 N–H and O–H groups in total. The number of methoxy groups -OCH3 is 1. The van der Waals surface area contributed by atoms with Crippen molar-refractivity contribution in [2.45, 2.75) is 38.6 Å². The lowest BCUT2D eigenvalue weighted by molar-refractivity contribution is -0.145. The predicted octanol–water partition coefficient (Wildman–Crippen LogP) is 3.12. The molecule has 0 radical (unpaired) electrons. The van der Waals surface area contributed by atoms with Gasteiger partial charge < -0.3 is 4.74 Å². The van der Waals surface area contributed by atoms with Crippen molar-refractivity contribution in [3.05, 3.63) is 35.1 Å². The molecule has 0 spiro atoms. The van der Waals surface area contributed by atoms with Gasteiger partial charge in [0, 0.05) is 30.8 Å². The van der Waals surface area contributed by atoms with E-state index in [1.807, 2.05) is 0 Å². The zero-order valence-corrected chi connectivity index (χ0v) is 15.1. The molecular formula is C21H26N2O2. The summed E-state index contributed by atoms with van der Waals surface area (Å²) in [6.45, 7) is 4.42. The monoisotopic (exact) mass is 338 g/mol. The number of ether oxygens (including phenoxy) is 1. The number of fused-ring (bicyclic) bond motifs is 6. The molecule has 5 atom stereocenters. The lowest BCUT2D eigenvalue weighted by Gasteiger charge is -2.37. The van der Waals surface area contributed by atoms with Crippen LogP contribution < -0.4 is 0 Å². The maximum absolute atomic E-state index is 12.3. The summed E-state index contributed by atoms with van der Waals surface area (Å²) in [5.74, 6) is 1.26. The third kappa shape index (κ3) is 2.10. The molecule has 4 heteroatoms. The first-order chi connectivity index (χ1) is 12.2. The number of rotatable bonds is 2. The largest absolute Gasteiger partial charge is 0.469 e. The van der Waals surface area contributed by atoms with Crippen LogP contribution in [-0.4, -0.2) is 42.8 Å². The number of carbonyl (C=O) groups excluding carboxylic acids is 1. The second kappa shape index (κ2) is 5.66. The van der Waals surface area contributed by atoms with E-state index in [9.17, 15) is 4.79 Å². The summed E-state index contributed by atoms with van der Waals surface area (Å²) >= 11 is 0. The summed E-state index contributed by atoms with van der Waals surface area (Å²) in [5.41, 5.74) is 5.66. The topological polar surface area (TPSA) is 41.9 Å². The summed E-state index contributed by atoms with van der Waals surface area (Å²) < 4.78 is 5.10. The molecule has 0 saturated carbocycles. The minimum absolute atomic E-state index is 0.0550. The van der Waals surface area contributed by atoms with Crippen LogP contribution in [0.25, 0.3) is 0 Å². The highest BCUT2D eigenvalue weighted by Crippen LogP contribution is 2.52. The maximum Gasteiger partial charge on any atom is 0.312 e. The Bertz CT molecular complexity index is 745. The molecule has 2 saturated heterocycles. The van der Waals surface area contributed by atoms with Crippen molar-refractivity contribution >= 4 is 11.7 Å². The molecule has 25 heavy (non-hydrogen) atoms. The Labute approximate surface area is 149 Å². The van der Waals surface area contributed by atoms with E-state index in [4.69, 9.17) is 9.73 Å². The van der Waals surface area contributed by atoms with E-state index in [-0.39, 0.29) is 11.9 Å². The summed E-state index contributed by atoms with van der Waals surface area (Å²) in [4.78, 5) is 20.0. The minimum Gasteiger partial charge on any atom is -0.469 e. The predicted molar refractivity (Wildman–Crippen MR) is 97.2 cm³/mol. The van der Waals surface area contributed by atoms with E-state index >= 15 is 0 Å². The Morgan fingerprint density at radius 1 is 1.40 bits per heavy atom. The third-order valence-electron chi connectivity index (χ3n) is 7.04. The fraction of sp³-hybridized carbons (Fsp3) is 0.619. The van der Waals surface area contributed by atoms with Crippen LogP contribution >= 0.6 is 0 Å². The number of hydrogen-bond acceptors (Lipinski definition) is 4. The first-order valence-corrected chi connectivity index (χ1v) is 9.73. The SMILES string of the molecule is CCC1C(C(=O)OC)C=C2C1CN1CCC3=NC4=C(CCC=C4)C3C21. The second-order valence-corrected chi connectivity index (χ2v) is 8.02. The third-order valence-corrected chi connectivity index (χ3v) is 7.04. The van der Waals surface area contributed by atoms with Gasteiger partial charge in [-0.1, -0.05) is 31.1 Å². The molecule has 5 rings (SSSR count). The first-order valence-electron chi connectivity index (χ1n) is 9.73. The van der Waals surface area contributed by atoms with Crippen LogP contribution in [0, 0.1) is 23.7 Å². The Kier molecular flexibility index (Phi) is 3.53. The van der Waals surface area contributed by atoms with E-state index in [0.717, 1.165) is 38.8 Å². The Morgan fingerprint density at radius 3 is 3.08 bits per heavy atom. The fourth-order valence-corrected chi connectivity index (χ4v) is 6.00. The molecular weight excluding hydrogens is 312 g/mol. The molecule has 3 aliphatic heterocycles. The summed E-state index contributed by atoms with van der Waals surface area (Å²) in [5, 5.41) is 0. The number of piperidine rings is 1. The zero-order valence-electron chi connectivity index (χ0n) is 15.1. The van der Waals surface area contributed by atoms with Gasteiger partial charge in [-0.15, -0.1) is 0 Å². The maximum atomic E-state index is 12.3. The van der Waals surface area contributed by atoms with Crippen LogP contribution in [0.15, 0.2) is 40.1 Å². The Balaban J connectivity index is 1.54.